The average Bonchev–Trinajstić information content (AvgIpc) is 2.71. The highest BCUT2D eigenvalue weighted by Gasteiger charge is 2.14. The zero-order valence-electron chi connectivity index (χ0n) is 17.3. The molecule has 2 heterocycles. The first kappa shape index (κ1) is 19.2. The van der Waals surface area contributed by atoms with Crippen LogP contribution in [0.25, 0.3) is 0 Å². The van der Waals surface area contributed by atoms with E-state index in [0.717, 1.165) is 55.0 Å². The highest BCUT2D eigenvalue weighted by Crippen LogP contribution is 2.24. The van der Waals surface area contributed by atoms with Crippen LogP contribution >= 0.6 is 0 Å². The Hall–Kier alpha value is -3.12. The first-order chi connectivity index (χ1) is 14.1. The number of hydrogen-bond acceptors (Lipinski definition) is 6. The van der Waals surface area contributed by atoms with E-state index in [1.165, 1.54) is 11.3 Å². The van der Waals surface area contributed by atoms with Gasteiger partial charge in [0.15, 0.2) is 0 Å². The number of nitrogens with zero attached hydrogens (tertiary/aromatic N) is 4. The summed E-state index contributed by atoms with van der Waals surface area (Å²) in [5.41, 5.74) is 4.51. The first-order valence-electron chi connectivity index (χ1n) is 10.1. The molecule has 0 unspecified atom stereocenters. The highest BCUT2D eigenvalue weighted by molar-refractivity contribution is 5.66. The summed E-state index contributed by atoms with van der Waals surface area (Å²) >= 11 is 0. The molecule has 1 saturated heterocycles. The molecular formula is C23H28N6. The second kappa shape index (κ2) is 8.49. The number of piperazine rings is 1. The van der Waals surface area contributed by atoms with Crippen molar-refractivity contribution in [3.8, 4) is 0 Å². The van der Waals surface area contributed by atoms with Crippen molar-refractivity contribution in [1.29, 1.82) is 0 Å². The van der Waals surface area contributed by atoms with E-state index in [1.54, 1.807) is 0 Å². The molecule has 29 heavy (non-hydrogen) atoms. The van der Waals surface area contributed by atoms with Crippen LogP contribution in [0, 0.1) is 13.8 Å². The quantitative estimate of drug-likeness (QED) is 0.678. The first-order valence-corrected chi connectivity index (χ1v) is 10.1. The maximum absolute atomic E-state index is 4.54. The minimum absolute atomic E-state index is 0.722. The molecule has 0 radical (unpaired) electrons. The third-order valence-electron chi connectivity index (χ3n) is 5.25. The van der Waals surface area contributed by atoms with E-state index >= 15 is 0 Å². The van der Waals surface area contributed by atoms with Gasteiger partial charge in [0, 0.05) is 49.3 Å². The Bertz CT molecular complexity index is 961. The fourth-order valence-electron chi connectivity index (χ4n) is 3.51. The second-order valence-electron chi connectivity index (χ2n) is 7.59. The number of aromatic nitrogens is 2. The minimum atomic E-state index is 0.722. The van der Waals surface area contributed by atoms with E-state index in [0.29, 0.717) is 0 Å². The van der Waals surface area contributed by atoms with Crippen molar-refractivity contribution in [3.05, 3.63) is 66.0 Å². The molecule has 6 nitrogen and oxygen atoms in total. The summed E-state index contributed by atoms with van der Waals surface area (Å²) < 4.78 is 0. The number of anilines is 5. The molecule has 1 aliphatic rings. The lowest BCUT2D eigenvalue weighted by atomic mass is 10.2. The van der Waals surface area contributed by atoms with Gasteiger partial charge in [-0.3, -0.25) is 0 Å². The molecule has 1 aliphatic heterocycles. The molecular weight excluding hydrogens is 360 g/mol. The predicted molar refractivity (Wildman–Crippen MR) is 121 cm³/mol. The van der Waals surface area contributed by atoms with Crippen LogP contribution in [0.4, 0.5) is 28.7 Å². The number of nitrogens with one attached hydrogen (secondary N) is 2. The maximum atomic E-state index is 4.54. The van der Waals surface area contributed by atoms with Gasteiger partial charge in [-0.1, -0.05) is 18.2 Å². The molecule has 0 atom stereocenters. The summed E-state index contributed by atoms with van der Waals surface area (Å²) in [6.45, 7) is 8.35. The number of para-hydroxylation sites is 1. The molecule has 6 heteroatoms. The van der Waals surface area contributed by atoms with Crippen molar-refractivity contribution in [1.82, 2.24) is 14.9 Å². The topological polar surface area (TPSA) is 56.3 Å². The van der Waals surface area contributed by atoms with Gasteiger partial charge in [0.25, 0.3) is 0 Å². The van der Waals surface area contributed by atoms with Crippen LogP contribution in [-0.2, 0) is 0 Å². The van der Waals surface area contributed by atoms with Crippen molar-refractivity contribution >= 4 is 28.7 Å². The number of benzene rings is 2. The van der Waals surface area contributed by atoms with E-state index in [4.69, 9.17) is 0 Å². The predicted octanol–water partition coefficient (Wildman–Crippen LogP) is 4.33. The molecule has 0 amide bonds. The number of likely N-dealkylation sites (N-methyl/N-ethyl adjacent to an activating group) is 1. The molecule has 1 aromatic heterocycles. The normalized spacial score (nSPS) is 14.7. The van der Waals surface area contributed by atoms with Crippen molar-refractivity contribution < 1.29 is 0 Å². The minimum Gasteiger partial charge on any atom is -0.369 e. The van der Waals surface area contributed by atoms with Crippen LogP contribution in [0.1, 0.15) is 11.4 Å². The van der Waals surface area contributed by atoms with Gasteiger partial charge in [0.2, 0.25) is 0 Å². The van der Waals surface area contributed by atoms with Crippen molar-refractivity contribution in [2.24, 2.45) is 0 Å². The third-order valence-corrected chi connectivity index (χ3v) is 5.25. The van der Waals surface area contributed by atoms with Gasteiger partial charge in [0.1, 0.15) is 17.5 Å². The maximum Gasteiger partial charge on any atom is 0.136 e. The summed E-state index contributed by atoms with van der Waals surface area (Å²) in [6.07, 6.45) is 0. The lowest BCUT2D eigenvalue weighted by Crippen LogP contribution is -2.44. The summed E-state index contributed by atoms with van der Waals surface area (Å²) in [6, 6.07) is 18.7. The van der Waals surface area contributed by atoms with E-state index in [9.17, 15) is 0 Å². The Morgan fingerprint density at radius 3 is 2.14 bits per heavy atom. The Balaban J connectivity index is 1.46. The Morgan fingerprint density at radius 2 is 1.45 bits per heavy atom. The van der Waals surface area contributed by atoms with E-state index in [2.05, 4.69) is 80.8 Å². The molecule has 0 spiro atoms. The standard InChI is InChI=1S/C23H28N6/c1-17-6-4-5-7-21(17)27-23-16-22(24-18(2)25-23)26-19-8-10-20(11-9-19)29-14-12-28(3)13-15-29/h4-11,16H,12-15H2,1-3H3,(H2,24,25,26,27). The second-order valence-corrected chi connectivity index (χ2v) is 7.59. The van der Waals surface area contributed by atoms with Gasteiger partial charge < -0.3 is 20.4 Å². The fraction of sp³-hybridized carbons (Fsp3) is 0.304. The van der Waals surface area contributed by atoms with Crippen molar-refractivity contribution in [3.63, 3.8) is 0 Å². The molecule has 2 N–H and O–H groups in total. The Kier molecular flexibility index (Phi) is 5.62. The fourth-order valence-corrected chi connectivity index (χ4v) is 3.51. The van der Waals surface area contributed by atoms with E-state index in [1.807, 2.05) is 25.1 Å². The average molecular weight is 389 g/mol. The van der Waals surface area contributed by atoms with E-state index < -0.39 is 0 Å². The summed E-state index contributed by atoms with van der Waals surface area (Å²) in [4.78, 5) is 13.9. The van der Waals surface area contributed by atoms with Gasteiger partial charge in [-0.2, -0.15) is 0 Å². The smallest absolute Gasteiger partial charge is 0.136 e. The number of aryl methyl sites for hydroxylation is 2. The van der Waals surface area contributed by atoms with Gasteiger partial charge in [-0.15, -0.1) is 0 Å². The lowest BCUT2D eigenvalue weighted by molar-refractivity contribution is 0.313. The van der Waals surface area contributed by atoms with Crippen LogP contribution in [-0.4, -0.2) is 48.1 Å². The lowest BCUT2D eigenvalue weighted by Gasteiger charge is -2.34. The van der Waals surface area contributed by atoms with Crippen molar-refractivity contribution in [2.45, 2.75) is 13.8 Å². The largest absolute Gasteiger partial charge is 0.369 e. The van der Waals surface area contributed by atoms with Crippen LogP contribution in [0.15, 0.2) is 54.6 Å². The molecule has 1 fully saturated rings. The van der Waals surface area contributed by atoms with Crippen LogP contribution in [0.2, 0.25) is 0 Å². The van der Waals surface area contributed by atoms with Gasteiger partial charge in [0.05, 0.1) is 0 Å². The molecule has 2 aromatic carbocycles. The molecule has 0 aliphatic carbocycles. The Labute approximate surface area is 172 Å². The molecule has 150 valence electrons. The van der Waals surface area contributed by atoms with Gasteiger partial charge in [-0.25, -0.2) is 9.97 Å². The number of hydrogen-bond donors (Lipinski definition) is 2. The molecule has 4 rings (SSSR count). The summed E-state index contributed by atoms with van der Waals surface area (Å²) in [7, 11) is 2.18. The molecule has 0 saturated carbocycles. The van der Waals surface area contributed by atoms with Crippen LogP contribution in [0.5, 0.6) is 0 Å². The van der Waals surface area contributed by atoms with E-state index in [-0.39, 0.29) is 0 Å². The summed E-state index contributed by atoms with van der Waals surface area (Å²) in [5.74, 6) is 2.28. The van der Waals surface area contributed by atoms with Crippen molar-refractivity contribution in [2.75, 3.05) is 48.8 Å². The van der Waals surface area contributed by atoms with Crippen LogP contribution in [0.3, 0.4) is 0 Å². The summed E-state index contributed by atoms with van der Waals surface area (Å²) in [5, 5.41) is 6.80. The Morgan fingerprint density at radius 1 is 0.793 bits per heavy atom. The zero-order chi connectivity index (χ0) is 20.2. The third kappa shape index (κ3) is 4.84. The highest BCUT2D eigenvalue weighted by atomic mass is 15.2. The van der Waals surface area contributed by atoms with Gasteiger partial charge >= 0.3 is 0 Å². The zero-order valence-corrected chi connectivity index (χ0v) is 17.3. The molecule has 0 bridgehead atoms. The molecule has 3 aromatic rings. The monoisotopic (exact) mass is 388 g/mol. The van der Waals surface area contributed by atoms with Gasteiger partial charge in [-0.05, 0) is 56.8 Å². The SMILES string of the molecule is Cc1nc(Nc2ccc(N3CCN(C)CC3)cc2)cc(Nc2ccccc2C)n1. The van der Waals surface area contributed by atoms with Crippen LogP contribution < -0.4 is 15.5 Å². The number of rotatable bonds is 5.